The molecule has 0 spiro atoms. The van der Waals surface area contributed by atoms with Crippen LogP contribution in [0.2, 0.25) is 0 Å². The Labute approximate surface area is 231 Å². The maximum Gasteiger partial charge on any atom is 0.125 e. The van der Waals surface area contributed by atoms with Gasteiger partial charge in [0.25, 0.3) is 0 Å². The fraction of sp³-hybridized carbons (Fsp3) is 0.273. The fourth-order valence-corrected chi connectivity index (χ4v) is 3.94. The molecule has 0 aliphatic heterocycles. The van der Waals surface area contributed by atoms with Crippen LogP contribution in [0.4, 0.5) is 8.78 Å². The monoisotopic (exact) mass is 532 g/mol. The molecule has 0 saturated carbocycles. The van der Waals surface area contributed by atoms with Crippen LogP contribution >= 0.6 is 0 Å². The minimum atomic E-state index is -0.251. The van der Waals surface area contributed by atoms with Crippen molar-refractivity contribution in [2.75, 3.05) is 27.2 Å². The van der Waals surface area contributed by atoms with Gasteiger partial charge in [-0.3, -0.25) is 0 Å². The molecule has 0 radical (unpaired) electrons. The van der Waals surface area contributed by atoms with Crippen molar-refractivity contribution in [1.82, 2.24) is 10.6 Å². The second-order valence-corrected chi connectivity index (χ2v) is 9.23. The van der Waals surface area contributed by atoms with Gasteiger partial charge in [-0.2, -0.15) is 0 Å². The third kappa shape index (κ3) is 10.5. The average molecular weight is 533 g/mol. The molecule has 2 N–H and O–H groups in total. The molecular weight excluding hydrogens is 494 g/mol. The number of ether oxygens (including phenoxy) is 2. The van der Waals surface area contributed by atoms with Crippen LogP contribution < -0.4 is 20.1 Å². The van der Waals surface area contributed by atoms with Crippen molar-refractivity contribution in [3.8, 4) is 11.5 Å². The Kier molecular flexibility index (Phi) is 12.4. The van der Waals surface area contributed by atoms with Gasteiger partial charge in [-0.15, -0.1) is 0 Å². The van der Waals surface area contributed by atoms with Crippen molar-refractivity contribution in [1.29, 1.82) is 0 Å². The van der Waals surface area contributed by atoms with Crippen LogP contribution in [0.15, 0.2) is 103 Å². The zero-order chi connectivity index (χ0) is 27.9. The summed E-state index contributed by atoms with van der Waals surface area (Å²) in [6, 6.07) is 30.7. The highest BCUT2D eigenvalue weighted by Crippen LogP contribution is 2.26. The van der Waals surface area contributed by atoms with Crippen molar-refractivity contribution < 1.29 is 18.3 Å². The van der Waals surface area contributed by atoms with E-state index in [1.165, 1.54) is 29.8 Å². The Bertz CT molecular complexity index is 1200. The molecule has 206 valence electrons. The summed E-state index contributed by atoms with van der Waals surface area (Å²) in [5, 5.41) is 6.24. The summed E-state index contributed by atoms with van der Waals surface area (Å²) in [5.41, 5.74) is 3.32. The molecule has 4 aromatic rings. The number of benzene rings is 4. The molecule has 4 rings (SSSR count). The number of hydrogen-bond acceptors (Lipinski definition) is 4. The Morgan fingerprint density at radius 2 is 0.974 bits per heavy atom. The van der Waals surface area contributed by atoms with E-state index in [2.05, 4.69) is 10.6 Å². The molecule has 0 aliphatic carbocycles. The third-order valence-corrected chi connectivity index (χ3v) is 6.12. The van der Waals surface area contributed by atoms with Crippen LogP contribution in [-0.2, 0) is 0 Å². The SMILES string of the molecule is CNCCC(Oc1ccc(C)cc1)c1ccc(F)cc1.CNCCC(Oc1ccc(F)cc1)c1ccccc1. The summed E-state index contributed by atoms with van der Waals surface area (Å²) in [4.78, 5) is 0. The highest BCUT2D eigenvalue weighted by molar-refractivity contribution is 5.28. The third-order valence-electron chi connectivity index (χ3n) is 6.12. The molecule has 0 amide bonds. The van der Waals surface area contributed by atoms with Gasteiger partial charge in [-0.25, -0.2) is 8.78 Å². The molecule has 2 atom stereocenters. The van der Waals surface area contributed by atoms with Crippen LogP contribution in [-0.4, -0.2) is 27.2 Å². The van der Waals surface area contributed by atoms with E-state index in [-0.39, 0.29) is 23.8 Å². The molecule has 4 nitrogen and oxygen atoms in total. The number of halogens is 2. The van der Waals surface area contributed by atoms with E-state index in [1.54, 1.807) is 24.3 Å². The van der Waals surface area contributed by atoms with Crippen LogP contribution in [0.1, 0.15) is 41.7 Å². The fourth-order valence-electron chi connectivity index (χ4n) is 3.94. The van der Waals surface area contributed by atoms with Crippen molar-refractivity contribution in [3.05, 3.63) is 131 Å². The van der Waals surface area contributed by atoms with E-state index in [0.29, 0.717) is 5.75 Å². The molecule has 0 bridgehead atoms. The number of aryl methyl sites for hydroxylation is 1. The van der Waals surface area contributed by atoms with Crippen molar-refractivity contribution in [2.45, 2.75) is 32.0 Å². The molecular formula is C33H38F2N2O2. The lowest BCUT2D eigenvalue weighted by Crippen LogP contribution is -2.16. The van der Waals surface area contributed by atoms with Gasteiger partial charge in [0.15, 0.2) is 0 Å². The minimum Gasteiger partial charge on any atom is -0.486 e. The highest BCUT2D eigenvalue weighted by Gasteiger charge is 2.14. The Morgan fingerprint density at radius 3 is 1.44 bits per heavy atom. The number of nitrogens with one attached hydrogen (secondary N) is 2. The maximum atomic E-state index is 13.0. The summed E-state index contributed by atoms with van der Waals surface area (Å²) in [5.74, 6) is 1.04. The molecule has 4 aromatic carbocycles. The molecule has 0 saturated heterocycles. The van der Waals surface area contributed by atoms with E-state index >= 15 is 0 Å². The standard InChI is InChI=1S/C17H20FNO.C16H18FNO/c1-13-3-9-16(10-4-13)20-17(11-12-19-2)14-5-7-15(18)8-6-14;1-18-12-11-16(13-5-3-2-4-6-13)19-15-9-7-14(17)8-10-15/h3-10,17,19H,11-12H2,1-2H3;2-10,16,18H,11-12H2,1H3. The quantitative estimate of drug-likeness (QED) is 0.199. The Balaban J connectivity index is 0.000000216. The topological polar surface area (TPSA) is 42.5 Å². The zero-order valence-corrected chi connectivity index (χ0v) is 22.9. The van der Waals surface area contributed by atoms with Crippen LogP contribution in [0.5, 0.6) is 11.5 Å². The van der Waals surface area contributed by atoms with Crippen molar-refractivity contribution >= 4 is 0 Å². The number of rotatable bonds is 12. The van der Waals surface area contributed by atoms with Crippen molar-refractivity contribution in [3.63, 3.8) is 0 Å². The molecule has 0 heterocycles. The first kappa shape index (κ1) is 29.8. The molecule has 2 unspecified atom stereocenters. The molecule has 39 heavy (non-hydrogen) atoms. The molecule has 0 fully saturated rings. The van der Waals surface area contributed by atoms with E-state index in [1.807, 2.05) is 75.6 Å². The van der Waals surface area contributed by atoms with Crippen LogP contribution in [0.25, 0.3) is 0 Å². The average Bonchev–Trinajstić information content (AvgIpc) is 2.97. The van der Waals surface area contributed by atoms with Gasteiger partial charge in [0.2, 0.25) is 0 Å². The van der Waals surface area contributed by atoms with Crippen LogP contribution in [0, 0.1) is 18.6 Å². The second-order valence-electron chi connectivity index (χ2n) is 9.23. The normalized spacial score (nSPS) is 12.1. The largest absolute Gasteiger partial charge is 0.486 e. The first-order chi connectivity index (χ1) is 19.0. The molecule has 6 heteroatoms. The summed E-state index contributed by atoms with van der Waals surface area (Å²) in [7, 11) is 3.83. The van der Waals surface area contributed by atoms with Gasteiger partial charge in [-0.1, -0.05) is 60.2 Å². The lowest BCUT2D eigenvalue weighted by Gasteiger charge is -2.19. The lowest BCUT2D eigenvalue weighted by atomic mass is 10.1. The van der Waals surface area contributed by atoms with Crippen molar-refractivity contribution in [2.24, 2.45) is 0 Å². The Morgan fingerprint density at radius 1 is 0.564 bits per heavy atom. The van der Waals surface area contributed by atoms with Gasteiger partial charge in [0.05, 0.1) is 0 Å². The second kappa shape index (κ2) is 16.3. The summed E-state index contributed by atoms with van der Waals surface area (Å²) >= 11 is 0. The van der Waals surface area contributed by atoms with E-state index in [4.69, 9.17) is 9.47 Å². The Hall–Kier alpha value is -3.74. The minimum absolute atomic E-state index is 0.0286. The summed E-state index contributed by atoms with van der Waals surface area (Å²) in [6.07, 6.45) is 1.58. The van der Waals surface area contributed by atoms with Gasteiger partial charge < -0.3 is 20.1 Å². The van der Waals surface area contributed by atoms with Gasteiger partial charge in [0.1, 0.15) is 35.3 Å². The zero-order valence-electron chi connectivity index (χ0n) is 22.9. The lowest BCUT2D eigenvalue weighted by molar-refractivity contribution is 0.194. The molecule has 0 aliphatic rings. The predicted molar refractivity (Wildman–Crippen MR) is 154 cm³/mol. The first-order valence-corrected chi connectivity index (χ1v) is 13.2. The van der Waals surface area contributed by atoms with Gasteiger partial charge in [0, 0.05) is 12.8 Å². The van der Waals surface area contributed by atoms with Gasteiger partial charge >= 0.3 is 0 Å². The molecule has 0 aromatic heterocycles. The highest BCUT2D eigenvalue weighted by atomic mass is 19.1. The van der Waals surface area contributed by atoms with E-state index < -0.39 is 0 Å². The van der Waals surface area contributed by atoms with E-state index in [9.17, 15) is 8.78 Å². The first-order valence-electron chi connectivity index (χ1n) is 13.2. The summed E-state index contributed by atoms with van der Waals surface area (Å²) < 4.78 is 37.9. The van der Waals surface area contributed by atoms with E-state index in [0.717, 1.165) is 42.8 Å². The maximum absolute atomic E-state index is 13.0. The van der Waals surface area contributed by atoms with Crippen LogP contribution in [0.3, 0.4) is 0 Å². The smallest absolute Gasteiger partial charge is 0.125 e. The summed E-state index contributed by atoms with van der Waals surface area (Å²) in [6.45, 7) is 3.75. The predicted octanol–water partition coefficient (Wildman–Crippen LogP) is 7.42. The number of hydrogen-bond donors (Lipinski definition) is 2. The van der Waals surface area contributed by atoms with Gasteiger partial charge in [-0.05, 0) is 93.8 Å².